The molecule has 1 N–H and O–H groups in total. The van der Waals surface area contributed by atoms with E-state index in [1.54, 1.807) is 39.9 Å². The second-order valence-corrected chi connectivity index (χ2v) is 9.32. The van der Waals surface area contributed by atoms with Crippen LogP contribution < -0.4 is 5.32 Å². The van der Waals surface area contributed by atoms with Crippen LogP contribution in [0.2, 0.25) is 5.02 Å². The standard InChI is InChI=1S/C23H27ClN6O3/c1-15-25-13-19-14-29(23(33)30(15)19)18-8-11-27(12-9-18)21(31)20-3-2-10-28(20)22(32)26-17-6-4-16(24)5-7-17/h4-7,13,18,20H,2-3,8-12,14H2,1H3,(H,26,32). The Labute approximate surface area is 197 Å². The number of carbonyl (C=O) groups is 3. The van der Waals surface area contributed by atoms with E-state index in [9.17, 15) is 14.4 Å². The number of aromatic nitrogens is 2. The summed E-state index contributed by atoms with van der Waals surface area (Å²) >= 11 is 5.91. The molecule has 0 bridgehead atoms. The van der Waals surface area contributed by atoms with Crippen molar-refractivity contribution in [1.82, 2.24) is 24.3 Å². The molecule has 3 aliphatic heterocycles. The van der Waals surface area contributed by atoms with Crippen LogP contribution in [0.4, 0.5) is 15.3 Å². The van der Waals surface area contributed by atoms with Gasteiger partial charge in [0, 0.05) is 36.4 Å². The van der Waals surface area contributed by atoms with Gasteiger partial charge in [-0.25, -0.2) is 14.6 Å². The van der Waals surface area contributed by atoms with Crippen molar-refractivity contribution in [1.29, 1.82) is 0 Å². The molecule has 9 nitrogen and oxygen atoms in total. The average molecular weight is 471 g/mol. The molecule has 5 rings (SSSR count). The summed E-state index contributed by atoms with van der Waals surface area (Å²) in [6.45, 7) is 4.13. The number of imidazole rings is 1. The minimum atomic E-state index is -0.447. The zero-order valence-corrected chi connectivity index (χ0v) is 19.3. The highest BCUT2D eigenvalue weighted by molar-refractivity contribution is 6.30. The molecular formula is C23H27ClN6O3. The summed E-state index contributed by atoms with van der Waals surface area (Å²) in [5.74, 6) is 0.708. The van der Waals surface area contributed by atoms with Crippen molar-refractivity contribution >= 4 is 35.3 Å². The Morgan fingerprint density at radius 1 is 1.09 bits per heavy atom. The normalized spacial score (nSPS) is 21.0. The fourth-order valence-corrected chi connectivity index (χ4v) is 5.25. The number of carbonyl (C=O) groups excluding carboxylic acids is 3. The third kappa shape index (κ3) is 4.06. The first-order valence-electron chi connectivity index (χ1n) is 11.4. The number of aryl methyl sites for hydroxylation is 1. The van der Waals surface area contributed by atoms with Gasteiger partial charge in [-0.2, -0.15) is 0 Å². The molecule has 2 fully saturated rings. The number of rotatable bonds is 3. The van der Waals surface area contributed by atoms with Crippen molar-refractivity contribution in [3.05, 3.63) is 47.0 Å². The summed E-state index contributed by atoms with van der Waals surface area (Å²) in [6.07, 6.45) is 4.70. The third-order valence-corrected chi connectivity index (χ3v) is 7.14. The molecule has 0 radical (unpaired) electrons. The Morgan fingerprint density at radius 3 is 2.52 bits per heavy atom. The summed E-state index contributed by atoms with van der Waals surface area (Å²) in [4.78, 5) is 48.5. The first-order chi connectivity index (χ1) is 15.9. The SMILES string of the molecule is Cc1ncc2n1C(=O)N(C1CCN(C(=O)C3CCCN3C(=O)Nc3ccc(Cl)cc3)CC1)C2. The lowest BCUT2D eigenvalue weighted by Crippen LogP contribution is -2.53. The van der Waals surface area contributed by atoms with Crippen molar-refractivity contribution in [2.24, 2.45) is 0 Å². The number of halogens is 1. The van der Waals surface area contributed by atoms with E-state index >= 15 is 0 Å². The largest absolute Gasteiger partial charge is 0.341 e. The Morgan fingerprint density at radius 2 is 1.82 bits per heavy atom. The summed E-state index contributed by atoms with van der Waals surface area (Å²) in [5.41, 5.74) is 1.57. The summed E-state index contributed by atoms with van der Waals surface area (Å²) < 4.78 is 1.67. The maximum absolute atomic E-state index is 13.3. The molecule has 1 unspecified atom stereocenters. The van der Waals surface area contributed by atoms with Gasteiger partial charge in [-0.15, -0.1) is 0 Å². The predicted molar refractivity (Wildman–Crippen MR) is 123 cm³/mol. The minimum Gasteiger partial charge on any atom is -0.341 e. The minimum absolute atomic E-state index is 0.00346. The molecule has 1 atom stereocenters. The van der Waals surface area contributed by atoms with Gasteiger partial charge in [0.25, 0.3) is 0 Å². The van der Waals surface area contributed by atoms with Gasteiger partial charge >= 0.3 is 12.1 Å². The second-order valence-electron chi connectivity index (χ2n) is 8.89. The summed E-state index contributed by atoms with van der Waals surface area (Å²) in [5, 5.41) is 3.46. The fourth-order valence-electron chi connectivity index (χ4n) is 5.12. The van der Waals surface area contributed by atoms with E-state index in [2.05, 4.69) is 10.3 Å². The van der Waals surface area contributed by atoms with Gasteiger partial charge in [0.1, 0.15) is 11.9 Å². The molecule has 4 heterocycles. The monoisotopic (exact) mass is 470 g/mol. The van der Waals surface area contributed by atoms with Crippen LogP contribution in [-0.2, 0) is 11.3 Å². The Balaban J connectivity index is 1.18. The number of nitrogens with one attached hydrogen (secondary N) is 1. The summed E-state index contributed by atoms with van der Waals surface area (Å²) in [7, 11) is 0. The maximum Gasteiger partial charge on any atom is 0.330 e. The highest BCUT2D eigenvalue weighted by atomic mass is 35.5. The molecule has 33 heavy (non-hydrogen) atoms. The molecule has 1 aromatic heterocycles. The van der Waals surface area contributed by atoms with Gasteiger partial charge in [0.15, 0.2) is 0 Å². The zero-order chi connectivity index (χ0) is 23.1. The number of nitrogens with zero attached hydrogens (tertiary/aromatic N) is 5. The van der Waals surface area contributed by atoms with Crippen LogP contribution in [0.15, 0.2) is 30.5 Å². The van der Waals surface area contributed by atoms with Crippen molar-refractivity contribution < 1.29 is 14.4 Å². The molecule has 0 spiro atoms. The molecule has 174 valence electrons. The molecule has 10 heteroatoms. The van der Waals surface area contributed by atoms with E-state index in [1.165, 1.54) is 0 Å². The van der Waals surface area contributed by atoms with Crippen LogP contribution in [0.3, 0.4) is 0 Å². The first-order valence-corrected chi connectivity index (χ1v) is 11.8. The molecule has 4 amide bonds. The van der Waals surface area contributed by atoms with Gasteiger partial charge in [-0.3, -0.25) is 9.36 Å². The number of hydrogen-bond acceptors (Lipinski definition) is 4. The highest BCUT2D eigenvalue weighted by Gasteiger charge is 2.40. The third-order valence-electron chi connectivity index (χ3n) is 6.89. The molecule has 0 saturated carbocycles. The molecular weight excluding hydrogens is 444 g/mol. The van der Waals surface area contributed by atoms with Gasteiger partial charge < -0.3 is 20.0 Å². The number of fused-ring (bicyclic) bond motifs is 1. The van der Waals surface area contributed by atoms with Crippen molar-refractivity contribution in [3.63, 3.8) is 0 Å². The van der Waals surface area contributed by atoms with Gasteiger partial charge in [-0.1, -0.05) is 11.6 Å². The van der Waals surface area contributed by atoms with Crippen LogP contribution in [-0.4, -0.2) is 73.9 Å². The highest BCUT2D eigenvalue weighted by Crippen LogP contribution is 2.28. The topological polar surface area (TPSA) is 90.8 Å². The lowest BCUT2D eigenvalue weighted by molar-refractivity contribution is -0.136. The van der Waals surface area contributed by atoms with Crippen molar-refractivity contribution in [2.45, 2.75) is 51.2 Å². The van der Waals surface area contributed by atoms with Gasteiger partial charge in [0.05, 0.1) is 18.4 Å². The lowest BCUT2D eigenvalue weighted by atomic mass is 10.0. The number of likely N-dealkylation sites (tertiary alicyclic amines) is 2. The number of benzene rings is 1. The first kappa shape index (κ1) is 21.8. The molecule has 0 aliphatic carbocycles. The van der Waals surface area contributed by atoms with Crippen LogP contribution in [0.5, 0.6) is 0 Å². The number of anilines is 1. The van der Waals surface area contributed by atoms with E-state index in [0.717, 1.165) is 25.0 Å². The lowest BCUT2D eigenvalue weighted by Gasteiger charge is -2.38. The van der Waals surface area contributed by atoms with Crippen LogP contribution in [0, 0.1) is 6.92 Å². The van der Waals surface area contributed by atoms with Gasteiger partial charge in [0.2, 0.25) is 5.91 Å². The Bertz CT molecular complexity index is 1080. The quantitative estimate of drug-likeness (QED) is 0.745. The Kier molecular flexibility index (Phi) is 5.74. The van der Waals surface area contributed by atoms with E-state index in [-0.39, 0.29) is 24.0 Å². The zero-order valence-electron chi connectivity index (χ0n) is 18.5. The fraction of sp³-hybridized carbons (Fsp3) is 0.478. The predicted octanol–water partition coefficient (Wildman–Crippen LogP) is 3.32. The molecule has 3 aliphatic rings. The van der Waals surface area contributed by atoms with E-state index in [4.69, 9.17) is 11.6 Å². The number of hydrogen-bond donors (Lipinski definition) is 1. The number of amides is 4. The molecule has 2 aromatic rings. The van der Waals surface area contributed by atoms with E-state index in [1.807, 2.05) is 16.7 Å². The summed E-state index contributed by atoms with van der Waals surface area (Å²) in [6, 6.07) is 6.28. The maximum atomic E-state index is 13.3. The second kappa shape index (κ2) is 8.70. The number of urea groups is 1. The average Bonchev–Trinajstić information content (AvgIpc) is 3.53. The molecule has 2 saturated heterocycles. The van der Waals surface area contributed by atoms with Crippen molar-refractivity contribution in [3.8, 4) is 0 Å². The number of piperidine rings is 1. The van der Waals surface area contributed by atoms with Crippen LogP contribution >= 0.6 is 11.6 Å². The van der Waals surface area contributed by atoms with Gasteiger partial charge in [-0.05, 0) is 56.9 Å². The molecule has 1 aromatic carbocycles. The van der Waals surface area contributed by atoms with Crippen molar-refractivity contribution in [2.75, 3.05) is 25.0 Å². The van der Waals surface area contributed by atoms with E-state index < -0.39 is 6.04 Å². The van der Waals surface area contributed by atoms with Crippen LogP contribution in [0.1, 0.15) is 37.2 Å². The Hall–Kier alpha value is -3.07. The smallest absolute Gasteiger partial charge is 0.330 e. The van der Waals surface area contributed by atoms with Crippen LogP contribution in [0.25, 0.3) is 0 Å². The van der Waals surface area contributed by atoms with E-state index in [0.29, 0.717) is 49.1 Å².